The zero-order chi connectivity index (χ0) is 11.0. The summed E-state index contributed by atoms with van der Waals surface area (Å²) in [5, 5.41) is 3.22. The molecule has 3 nitrogen and oxygen atoms in total. The lowest BCUT2D eigenvalue weighted by molar-refractivity contribution is 0.293. The monoisotopic (exact) mass is 201 g/mol. The van der Waals surface area contributed by atoms with E-state index < -0.39 is 5.79 Å². The summed E-state index contributed by atoms with van der Waals surface area (Å²) in [6, 6.07) is 0. The number of nitrogens with one attached hydrogen (secondary N) is 1. The Morgan fingerprint density at radius 1 is 1.21 bits per heavy atom. The fraction of sp³-hybridized carbons (Fsp3) is 1.00. The van der Waals surface area contributed by atoms with E-state index in [1.807, 2.05) is 6.92 Å². The number of hydrogen-bond donors (Lipinski definition) is 3. The van der Waals surface area contributed by atoms with E-state index in [0.29, 0.717) is 5.92 Å². The molecule has 14 heavy (non-hydrogen) atoms. The van der Waals surface area contributed by atoms with Crippen LogP contribution in [0.3, 0.4) is 0 Å². The lowest BCUT2D eigenvalue weighted by Crippen LogP contribution is -2.61. The first-order chi connectivity index (χ1) is 6.55. The van der Waals surface area contributed by atoms with Gasteiger partial charge in [-0.05, 0) is 18.8 Å². The van der Waals surface area contributed by atoms with E-state index in [2.05, 4.69) is 19.2 Å². The Kier molecular flexibility index (Phi) is 7.15. The zero-order valence-corrected chi connectivity index (χ0v) is 9.97. The number of nitrogens with two attached hydrogens (primary N) is 2. The summed E-state index contributed by atoms with van der Waals surface area (Å²) < 4.78 is 0. The summed E-state index contributed by atoms with van der Waals surface area (Å²) in [4.78, 5) is 0. The van der Waals surface area contributed by atoms with Gasteiger partial charge < -0.3 is 11.5 Å². The van der Waals surface area contributed by atoms with Crippen LogP contribution in [0.4, 0.5) is 0 Å². The van der Waals surface area contributed by atoms with Crippen molar-refractivity contribution in [3.8, 4) is 0 Å². The summed E-state index contributed by atoms with van der Waals surface area (Å²) in [7, 11) is 0. The minimum Gasteiger partial charge on any atom is -0.301 e. The molecule has 86 valence electrons. The van der Waals surface area contributed by atoms with Gasteiger partial charge in [0, 0.05) is 6.54 Å². The van der Waals surface area contributed by atoms with Gasteiger partial charge in [-0.2, -0.15) is 0 Å². The molecule has 0 spiro atoms. The molecule has 0 aromatic carbocycles. The van der Waals surface area contributed by atoms with Crippen molar-refractivity contribution in [1.82, 2.24) is 5.32 Å². The average Bonchev–Trinajstić information content (AvgIpc) is 2.18. The quantitative estimate of drug-likeness (QED) is 0.524. The van der Waals surface area contributed by atoms with Crippen LogP contribution in [0.5, 0.6) is 0 Å². The molecule has 0 fully saturated rings. The summed E-state index contributed by atoms with van der Waals surface area (Å²) >= 11 is 0. The van der Waals surface area contributed by atoms with Gasteiger partial charge in [0.1, 0.15) is 5.79 Å². The minimum atomic E-state index is -0.681. The predicted octanol–water partition coefficient (Wildman–Crippen LogP) is 1.77. The van der Waals surface area contributed by atoms with Crippen LogP contribution < -0.4 is 16.8 Å². The molecule has 0 radical (unpaired) electrons. The van der Waals surface area contributed by atoms with E-state index in [1.165, 1.54) is 25.7 Å². The summed E-state index contributed by atoms with van der Waals surface area (Å²) in [5.74, 6) is 0.0348. The third kappa shape index (κ3) is 6.35. The molecule has 3 heteroatoms. The molecule has 0 aliphatic carbocycles. The molecule has 0 aliphatic heterocycles. The molecule has 0 bridgehead atoms. The average molecular weight is 201 g/mol. The smallest absolute Gasteiger partial charge is 0.118 e. The molecule has 0 rings (SSSR count). The number of rotatable bonds is 8. The van der Waals surface area contributed by atoms with Crippen molar-refractivity contribution in [1.29, 1.82) is 0 Å². The van der Waals surface area contributed by atoms with Crippen molar-refractivity contribution in [3.63, 3.8) is 0 Å². The summed E-state index contributed by atoms with van der Waals surface area (Å²) in [6.07, 6.45) is 5.80. The maximum absolute atomic E-state index is 5.81. The van der Waals surface area contributed by atoms with Crippen molar-refractivity contribution in [2.75, 3.05) is 6.54 Å². The van der Waals surface area contributed by atoms with E-state index in [9.17, 15) is 0 Å². The van der Waals surface area contributed by atoms with E-state index in [-0.39, 0.29) is 0 Å². The largest absolute Gasteiger partial charge is 0.301 e. The maximum Gasteiger partial charge on any atom is 0.118 e. The topological polar surface area (TPSA) is 64.1 Å². The van der Waals surface area contributed by atoms with Gasteiger partial charge in [0.25, 0.3) is 0 Å². The molecule has 0 aliphatic rings. The Morgan fingerprint density at radius 3 is 2.29 bits per heavy atom. The van der Waals surface area contributed by atoms with Crippen LogP contribution in [0.2, 0.25) is 0 Å². The molecule has 0 saturated heterocycles. The second-order valence-electron chi connectivity index (χ2n) is 4.19. The van der Waals surface area contributed by atoms with E-state index >= 15 is 0 Å². The van der Waals surface area contributed by atoms with Crippen molar-refractivity contribution < 1.29 is 0 Å². The first-order valence-electron chi connectivity index (χ1n) is 5.88. The predicted molar refractivity (Wildman–Crippen MR) is 62.7 cm³/mol. The van der Waals surface area contributed by atoms with E-state index in [0.717, 1.165) is 13.0 Å². The molecule has 1 atom stereocenters. The van der Waals surface area contributed by atoms with Crippen molar-refractivity contribution >= 4 is 0 Å². The first kappa shape index (κ1) is 13.9. The van der Waals surface area contributed by atoms with E-state index in [4.69, 9.17) is 11.5 Å². The second-order valence-corrected chi connectivity index (χ2v) is 4.19. The Labute approximate surface area is 88.6 Å². The molecule has 0 aromatic rings. The normalized spacial score (nSPS) is 14.4. The van der Waals surface area contributed by atoms with Crippen LogP contribution in [0.1, 0.15) is 52.9 Å². The molecular weight excluding hydrogens is 174 g/mol. The number of unbranched alkanes of at least 4 members (excludes halogenated alkanes) is 1. The third-order valence-corrected chi connectivity index (χ3v) is 2.85. The maximum atomic E-state index is 5.81. The van der Waals surface area contributed by atoms with Gasteiger partial charge in [-0.15, -0.1) is 0 Å². The highest BCUT2D eigenvalue weighted by Crippen LogP contribution is 2.11. The fourth-order valence-corrected chi connectivity index (χ4v) is 1.40. The molecular formula is C11H27N3. The van der Waals surface area contributed by atoms with Gasteiger partial charge in [-0.25, -0.2) is 0 Å². The van der Waals surface area contributed by atoms with Crippen molar-refractivity contribution in [3.05, 3.63) is 0 Å². The van der Waals surface area contributed by atoms with Gasteiger partial charge in [-0.3, -0.25) is 5.32 Å². The Bertz CT molecular complexity index is 134. The lowest BCUT2D eigenvalue weighted by Gasteiger charge is -2.27. The highest BCUT2D eigenvalue weighted by Gasteiger charge is 2.16. The summed E-state index contributed by atoms with van der Waals surface area (Å²) in [6.45, 7) is 7.39. The van der Waals surface area contributed by atoms with Gasteiger partial charge >= 0.3 is 0 Å². The molecule has 5 N–H and O–H groups in total. The Morgan fingerprint density at radius 2 is 1.86 bits per heavy atom. The molecule has 0 amide bonds. The standard InChI is InChI=1S/C11H27N3/c1-4-7-8-10(5-2)9-14-11(12,13)6-3/h10,14H,4-9,12-13H2,1-3H3. The van der Waals surface area contributed by atoms with Crippen LogP contribution >= 0.6 is 0 Å². The molecule has 0 heterocycles. The molecule has 0 saturated carbocycles. The van der Waals surface area contributed by atoms with Crippen LogP contribution in [0.25, 0.3) is 0 Å². The minimum absolute atomic E-state index is 0.681. The van der Waals surface area contributed by atoms with Gasteiger partial charge in [-0.1, -0.05) is 40.0 Å². The van der Waals surface area contributed by atoms with Crippen LogP contribution in [-0.2, 0) is 0 Å². The van der Waals surface area contributed by atoms with Gasteiger partial charge in [0.05, 0.1) is 0 Å². The molecule has 1 unspecified atom stereocenters. The van der Waals surface area contributed by atoms with Crippen LogP contribution in [0.15, 0.2) is 0 Å². The Balaban J connectivity index is 3.71. The Hall–Kier alpha value is -0.120. The lowest BCUT2D eigenvalue weighted by atomic mass is 9.99. The van der Waals surface area contributed by atoms with Gasteiger partial charge in [0.15, 0.2) is 0 Å². The zero-order valence-electron chi connectivity index (χ0n) is 9.97. The fourth-order valence-electron chi connectivity index (χ4n) is 1.40. The highest BCUT2D eigenvalue weighted by atomic mass is 15.2. The SMILES string of the molecule is CCCCC(CC)CNC(N)(N)CC. The van der Waals surface area contributed by atoms with Crippen LogP contribution in [0, 0.1) is 5.92 Å². The second kappa shape index (κ2) is 7.21. The van der Waals surface area contributed by atoms with Crippen LogP contribution in [-0.4, -0.2) is 12.3 Å². The first-order valence-corrected chi connectivity index (χ1v) is 5.88. The summed E-state index contributed by atoms with van der Waals surface area (Å²) in [5.41, 5.74) is 11.6. The molecule has 0 aromatic heterocycles. The van der Waals surface area contributed by atoms with Crippen molar-refractivity contribution in [2.45, 2.75) is 58.7 Å². The third-order valence-electron chi connectivity index (χ3n) is 2.85. The van der Waals surface area contributed by atoms with E-state index in [1.54, 1.807) is 0 Å². The van der Waals surface area contributed by atoms with Gasteiger partial charge in [0.2, 0.25) is 0 Å². The van der Waals surface area contributed by atoms with Crippen molar-refractivity contribution in [2.24, 2.45) is 17.4 Å². The highest BCUT2D eigenvalue weighted by molar-refractivity contribution is 4.73. The number of hydrogen-bond acceptors (Lipinski definition) is 3.